The molecule has 6 nitrogen and oxygen atoms in total. The summed E-state index contributed by atoms with van der Waals surface area (Å²) >= 11 is 0. The summed E-state index contributed by atoms with van der Waals surface area (Å²) < 4.78 is 5.89. The van der Waals surface area contributed by atoms with Crippen LogP contribution >= 0.6 is 0 Å². The highest BCUT2D eigenvalue weighted by Gasteiger charge is 2.24. The third-order valence-corrected chi connectivity index (χ3v) is 10.8. The number of nitrogens with one attached hydrogen (secondary N) is 1. The van der Waals surface area contributed by atoms with E-state index in [1.165, 1.54) is 128 Å². The molecule has 3 N–H and O–H groups in total. The minimum Gasteiger partial charge on any atom is -0.462 e. The normalized spacial score (nSPS) is 13.5. The predicted octanol–water partition coefficient (Wildman–Crippen LogP) is 13.6. The van der Waals surface area contributed by atoms with Crippen molar-refractivity contribution in [2.45, 2.75) is 264 Å². The molecule has 1 amide bonds. The van der Waals surface area contributed by atoms with Gasteiger partial charge in [-0.25, -0.2) is 0 Å². The number of carbonyl (C=O) groups is 2. The van der Waals surface area contributed by atoms with E-state index in [2.05, 4.69) is 50.4 Å². The molecule has 3 atom stereocenters. The zero-order chi connectivity index (χ0) is 39.6. The van der Waals surface area contributed by atoms with Gasteiger partial charge in [-0.3, -0.25) is 9.59 Å². The minimum atomic E-state index is -0.786. The maximum absolute atomic E-state index is 13.1. The number of aliphatic hydroxyl groups excluding tert-OH is 2. The highest BCUT2D eigenvalue weighted by molar-refractivity contribution is 5.77. The fourth-order valence-corrected chi connectivity index (χ4v) is 7.11. The number of amides is 1. The van der Waals surface area contributed by atoms with Crippen LogP contribution in [0.2, 0.25) is 0 Å². The molecule has 0 fully saturated rings. The van der Waals surface area contributed by atoms with E-state index in [1.807, 2.05) is 0 Å². The number of esters is 1. The Bertz CT molecular complexity index is 858. The number of ether oxygens (including phenoxy) is 1. The molecule has 0 aliphatic carbocycles. The molecule has 0 spiro atoms. The molecule has 0 saturated heterocycles. The fourth-order valence-electron chi connectivity index (χ4n) is 7.11. The first-order valence-electron chi connectivity index (χ1n) is 23.6. The maximum atomic E-state index is 13.1. The Kier molecular flexibility index (Phi) is 41.2. The van der Waals surface area contributed by atoms with E-state index in [1.54, 1.807) is 0 Å². The number of hydrogen-bond acceptors (Lipinski definition) is 5. The molecule has 0 rings (SSSR count). The lowest BCUT2D eigenvalue weighted by Crippen LogP contribution is -2.46. The van der Waals surface area contributed by atoms with Crippen molar-refractivity contribution in [3.05, 3.63) is 24.3 Å². The lowest BCUT2D eigenvalue weighted by Gasteiger charge is -2.24. The van der Waals surface area contributed by atoms with Gasteiger partial charge in [0.1, 0.15) is 6.10 Å². The van der Waals surface area contributed by atoms with Gasteiger partial charge in [-0.05, 0) is 70.6 Å². The van der Waals surface area contributed by atoms with Crippen molar-refractivity contribution in [2.75, 3.05) is 6.61 Å². The Hall–Kier alpha value is -1.66. The molecule has 0 aromatic carbocycles. The molecular weight excluding hydrogens is 671 g/mol. The molecule has 0 bridgehead atoms. The number of unbranched alkanes of at least 4 members (excludes halogenated alkanes) is 26. The Morgan fingerprint density at radius 1 is 0.519 bits per heavy atom. The highest BCUT2D eigenvalue weighted by Crippen LogP contribution is 2.17. The molecule has 3 unspecified atom stereocenters. The zero-order valence-electron chi connectivity index (χ0n) is 36.1. The van der Waals surface area contributed by atoms with Crippen molar-refractivity contribution in [2.24, 2.45) is 0 Å². The van der Waals surface area contributed by atoms with Crippen molar-refractivity contribution >= 4 is 11.9 Å². The fraction of sp³-hybridized carbons (Fsp3) is 0.875. The largest absolute Gasteiger partial charge is 0.462 e. The summed E-state index contributed by atoms with van der Waals surface area (Å²) in [5.41, 5.74) is 0. The first kappa shape index (κ1) is 52.3. The van der Waals surface area contributed by atoms with Crippen molar-refractivity contribution in [3.63, 3.8) is 0 Å². The minimum absolute atomic E-state index is 0.0678. The van der Waals surface area contributed by atoms with E-state index >= 15 is 0 Å². The van der Waals surface area contributed by atoms with Crippen LogP contribution < -0.4 is 5.32 Å². The summed E-state index contributed by atoms with van der Waals surface area (Å²) in [6.45, 7) is 6.41. The third kappa shape index (κ3) is 37.3. The van der Waals surface area contributed by atoms with Crippen LogP contribution in [0.3, 0.4) is 0 Å². The van der Waals surface area contributed by atoms with Crippen LogP contribution in [0.25, 0.3) is 0 Å². The van der Waals surface area contributed by atoms with Gasteiger partial charge >= 0.3 is 5.97 Å². The van der Waals surface area contributed by atoms with Gasteiger partial charge in [-0.2, -0.15) is 0 Å². The summed E-state index contributed by atoms with van der Waals surface area (Å²) in [6, 6.07) is -0.701. The van der Waals surface area contributed by atoms with Gasteiger partial charge in [0.05, 0.1) is 25.2 Å². The molecule has 54 heavy (non-hydrogen) atoms. The Labute approximate surface area is 335 Å². The van der Waals surface area contributed by atoms with Crippen LogP contribution in [0.15, 0.2) is 24.3 Å². The summed E-state index contributed by atoms with van der Waals surface area (Å²) in [4.78, 5) is 25.9. The zero-order valence-corrected chi connectivity index (χ0v) is 36.1. The summed E-state index contributed by atoms with van der Waals surface area (Å²) in [7, 11) is 0. The van der Waals surface area contributed by atoms with Gasteiger partial charge in [0, 0.05) is 6.42 Å². The van der Waals surface area contributed by atoms with Gasteiger partial charge in [-0.15, -0.1) is 0 Å². The summed E-state index contributed by atoms with van der Waals surface area (Å²) in [5, 5.41) is 23.6. The average molecular weight is 762 g/mol. The van der Waals surface area contributed by atoms with Crippen molar-refractivity contribution in [1.82, 2.24) is 5.32 Å². The van der Waals surface area contributed by atoms with Crippen LogP contribution in [-0.2, 0) is 14.3 Å². The number of carbonyl (C=O) groups excluding carboxylic acids is 2. The quantitative estimate of drug-likeness (QED) is 0.0327. The van der Waals surface area contributed by atoms with Gasteiger partial charge in [0.25, 0.3) is 0 Å². The molecule has 318 valence electrons. The first-order valence-corrected chi connectivity index (χ1v) is 23.6. The van der Waals surface area contributed by atoms with Crippen molar-refractivity contribution < 1.29 is 24.5 Å². The molecule has 0 aliphatic heterocycles. The lowest BCUT2D eigenvalue weighted by molar-refractivity contribution is -0.151. The molecular formula is C48H91NO5. The Balaban J connectivity index is 4.50. The first-order chi connectivity index (χ1) is 26.5. The van der Waals surface area contributed by atoms with E-state index in [9.17, 15) is 19.8 Å². The smallest absolute Gasteiger partial charge is 0.306 e. The topological polar surface area (TPSA) is 95.9 Å². The maximum Gasteiger partial charge on any atom is 0.306 e. The molecule has 0 aromatic rings. The van der Waals surface area contributed by atoms with Crippen LogP contribution in [0.5, 0.6) is 0 Å². The van der Waals surface area contributed by atoms with E-state index in [0.29, 0.717) is 19.3 Å². The van der Waals surface area contributed by atoms with Crippen LogP contribution in [0.4, 0.5) is 0 Å². The van der Waals surface area contributed by atoms with Crippen LogP contribution in [-0.4, -0.2) is 46.9 Å². The van der Waals surface area contributed by atoms with E-state index in [0.717, 1.165) is 70.6 Å². The second kappa shape index (κ2) is 42.5. The average Bonchev–Trinajstić information content (AvgIpc) is 3.16. The SMILES string of the molecule is CCCC/C=C\CCCCCC(CC(=O)NC(CO)C(O)CCCCCCCCCCCCC)OC(=O)CCCCCCCCC/C=C\CCCCCC. The predicted molar refractivity (Wildman–Crippen MR) is 232 cm³/mol. The number of allylic oxidation sites excluding steroid dienone is 4. The monoisotopic (exact) mass is 762 g/mol. The molecule has 0 aliphatic rings. The summed E-state index contributed by atoms with van der Waals surface area (Å²) in [6.07, 6.45) is 46.7. The number of rotatable bonds is 42. The van der Waals surface area contributed by atoms with Gasteiger partial charge in [0.15, 0.2) is 0 Å². The molecule has 6 heteroatoms. The second-order valence-corrected chi connectivity index (χ2v) is 16.2. The second-order valence-electron chi connectivity index (χ2n) is 16.2. The van der Waals surface area contributed by atoms with Gasteiger partial charge in [-0.1, -0.05) is 186 Å². The molecule has 0 aromatic heterocycles. The molecule has 0 heterocycles. The standard InChI is InChI=1S/C48H91NO5/c1-4-7-10-13-16-19-21-22-23-24-26-29-32-35-38-41-48(53)54-44(39-36-33-30-27-18-15-12-9-6-3)42-47(52)49-45(43-50)46(51)40-37-34-31-28-25-20-17-14-11-8-5-2/h15,18-19,21,44-46,50-51H,4-14,16-17,20,22-43H2,1-3H3,(H,49,52)/b18-15-,21-19-. The molecule has 0 saturated carbocycles. The van der Waals surface area contributed by atoms with Crippen molar-refractivity contribution in [1.29, 1.82) is 0 Å². The van der Waals surface area contributed by atoms with Crippen LogP contribution in [0, 0.1) is 0 Å². The Morgan fingerprint density at radius 2 is 0.907 bits per heavy atom. The molecule has 0 radical (unpaired) electrons. The van der Waals surface area contributed by atoms with E-state index in [-0.39, 0.29) is 24.9 Å². The Morgan fingerprint density at radius 3 is 1.41 bits per heavy atom. The van der Waals surface area contributed by atoms with E-state index < -0.39 is 18.2 Å². The van der Waals surface area contributed by atoms with Gasteiger partial charge in [0.2, 0.25) is 5.91 Å². The third-order valence-electron chi connectivity index (χ3n) is 10.8. The summed E-state index contributed by atoms with van der Waals surface area (Å²) in [5.74, 6) is -0.491. The van der Waals surface area contributed by atoms with E-state index in [4.69, 9.17) is 4.74 Å². The number of hydrogen-bond donors (Lipinski definition) is 3. The van der Waals surface area contributed by atoms with Crippen LogP contribution in [0.1, 0.15) is 245 Å². The lowest BCUT2D eigenvalue weighted by atomic mass is 10.0. The number of aliphatic hydroxyl groups is 2. The van der Waals surface area contributed by atoms with Crippen molar-refractivity contribution in [3.8, 4) is 0 Å². The van der Waals surface area contributed by atoms with Gasteiger partial charge < -0.3 is 20.3 Å². The highest BCUT2D eigenvalue weighted by atomic mass is 16.5.